The number of carbonyl (C=O) groups excluding carboxylic acids is 2. The Morgan fingerprint density at radius 1 is 1.32 bits per heavy atom. The molecule has 1 atom stereocenters. The van der Waals surface area contributed by atoms with Crippen molar-refractivity contribution in [2.24, 2.45) is 5.92 Å². The summed E-state index contributed by atoms with van der Waals surface area (Å²) in [7, 11) is 1.52. The Morgan fingerprint density at radius 2 is 2.08 bits per heavy atom. The lowest BCUT2D eigenvalue weighted by Gasteiger charge is -2.19. The quantitative estimate of drug-likeness (QED) is 0.905. The van der Waals surface area contributed by atoms with Crippen molar-refractivity contribution in [3.63, 3.8) is 0 Å². The molecule has 1 aliphatic heterocycles. The average Bonchev–Trinajstić information content (AvgIpc) is 2.99. The molecule has 130 valence electrons. The van der Waals surface area contributed by atoms with Gasteiger partial charge in [0.05, 0.1) is 24.4 Å². The lowest BCUT2D eigenvalue weighted by molar-refractivity contribution is -0.122. The summed E-state index contributed by atoms with van der Waals surface area (Å²) in [5.41, 5.74) is 0.653. The van der Waals surface area contributed by atoms with Gasteiger partial charge in [0.2, 0.25) is 11.8 Å². The molecule has 1 saturated heterocycles. The van der Waals surface area contributed by atoms with Crippen molar-refractivity contribution in [3.05, 3.63) is 53.3 Å². The van der Waals surface area contributed by atoms with E-state index in [-0.39, 0.29) is 29.6 Å². The summed E-state index contributed by atoms with van der Waals surface area (Å²) in [6, 6.07) is 11.1. The van der Waals surface area contributed by atoms with Gasteiger partial charge in [0.15, 0.2) is 0 Å². The first-order valence-electron chi connectivity index (χ1n) is 7.69. The highest BCUT2D eigenvalue weighted by Gasteiger charge is 2.36. The minimum Gasteiger partial charge on any atom is -0.495 e. The smallest absolute Gasteiger partial charge is 0.229 e. The molecule has 7 heteroatoms. The highest BCUT2D eigenvalue weighted by Crippen LogP contribution is 2.33. The van der Waals surface area contributed by atoms with Gasteiger partial charge in [-0.1, -0.05) is 23.7 Å². The van der Waals surface area contributed by atoms with Gasteiger partial charge < -0.3 is 15.0 Å². The number of para-hydroxylation sites is 2. The van der Waals surface area contributed by atoms with E-state index in [2.05, 4.69) is 5.32 Å². The van der Waals surface area contributed by atoms with E-state index in [9.17, 15) is 14.0 Å². The largest absolute Gasteiger partial charge is 0.495 e. The van der Waals surface area contributed by atoms with E-state index in [0.717, 1.165) is 6.07 Å². The molecular formula is C18H16ClFN2O3. The Labute approximate surface area is 149 Å². The van der Waals surface area contributed by atoms with Crippen LogP contribution in [0, 0.1) is 11.7 Å². The van der Waals surface area contributed by atoms with Crippen molar-refractivity contribution in [2.75, 3.05) is 23.9 Å². The molecule has 2 amide bonds. The summed E-state index contributed by atoms with van der Waals surface area (Å²) in [5, 5.41) is 2.76. The van der Waals surface area contributed by atoms with Crippen LogP contribution in [0.2, 0.25) is 5.02 Å². The van der Waals surface area contributed by atoms with Crippen molar-refractivity contribution < 1.29 is 18.7 Å². The van der Waals surface area contributed by atoms with Crippen LogP contribution in [0.3, 0.4) is 0 Å². The van der Waals surface area contributed by atoms with Gasteiger partial charge in [0, 0.05) is 18.0 Å². The number of amides is 2. The predicted molar refractivity (Wildman–Crippen MR) is 93.5 cm³/mol. The van der Waals surface area contributed by atoms with Crippen LogP contribution in [-0.2, 0) is 9.59 Å². The van der Waals surface area contributed by atoms with Crippen molar-refractivity contribution >= 4 is 34.8 Å². The van der Waals surface area contributed by atoms with Gasteiger partial charge in [-0.3, -0.25) is 9.59 Å². The molecule has 2 aromatic carbocycles. The number of nitrogens with zero attached hydrogens (tertiary/aromatic N) is 1. The second-order valence-corrected chi connectivity index (χ2v) is 6.13. The summed E-state index contributed by atoms with van der Waals surface area (Å²) in [5.74, 6) is -1.23. The molecule has 1 aliphatic rings. The van der Waals surface area contributed by atoms with E-state index in [1.807, 2.05) is 0 Å². The molecule has 5 nitrogen and oxygen atoms in total. The molecular weight excluding hydrogens is 347 g/mol. The van der Waals surface area contributed by atoms with Gasteiger partial charge in [0.1, 0.15) is 11.6 Å². The van der Waals surface area contributed by atoms with E-state index < -0.39 is 17.6 Å². The zero-order valence-electron chi connectivity index (χ0n) is 13.5. The molecule has 1 unspecified atom stereocenters. The third kappa shape index (κ3) is 3.58. The van der Waals surface area contributed by atoms with Crippen molar-refractivity contribution in [3.8, 4) is 5.75 Å². The molecule has 1 fully saturated rings. The molecule has 0 aliphatic carbocycles. The summed E-state index contributed by atoms with van der Waals surface area (Å²) in [4.78, 5) is 26.2. The number of hydrogen-bond acceptors (Lipinski definition) is 3. The lowest BCUT2D eigenvalue weighted by Crippen LogP contribution is -2.28. The molecule has 25 heavy (non-hydrogen) atoms. The molecule has 0 bridgehead atoms. The van der Waals surface area contributed by atoms with Gasteiger partial charge in [-0.25, -0.2) is 4.39 Å². The van der Waals surface area contributed by atoms with E-state index in [0.29, 0.717) is 11.4 Å². The Kier molecular flexibility index (Phi) is 4.90. The number of anilines is 2. The third-order valence-corrected chi connectivity index (χ3v) is 4.30. The fourth-order valence-electron chi connectivity index (χ4n) is 2.79. The monoisotopic (exact) mass is 362 g/mol. The Hall–Kier alpha value is -2.60. The van der Waals surface area contributed by atoms with Crippen LogP contribution < -0.4 is 15.0 Å². The van der Waals surface area contributed by atoms with E-state index in [4.69, 9.17) is 16.3 Å². The van der Waals surface area contributed by atoms with Gasteiger partial charge in [-0.15, -0.1) is 0 Å². The fourth-order valence-corrected chi connectivity index (χ4v) is 2.95. The van der Waals surface area contributed by atoms with Gasteiger partial charge in [0.25, 0.3) is 0 Å². The SMILES string of the molecule is COc1ccccc1N1CC(C(=O)Nc2ccc(Cl)cc2F)CC1=O. The van der Waals surface area contributed by atoms with E-state index >= 15 is 0 Å². The predicted octanol–water partition coefficient (Wildman–Crippen LogP) is 3.48. The molecule has 0 saturated carbocycles. The number of halogens is 2. The highest BCUT2D eigenvalue weighted by atomic mass is 35.5. The minimum absolute atomic E-state index is 0.0394. The molecule has 3 rings (SSSR count). The summed E-state index contributed by atoms with van der Waals surface area (Å²) >= 11 is 5.70. The van der Waals surface area contributed by atoms with Gasteiger partial charge in [-0.05, 0) is 30.3 Å². The van der Waals surface area contributed by atoms with Crippen LogP contribution in [0.25, 0.3) is 0 Å². The zero-order valence-corrected chi connectivity index (χ0v) is 14.2. The van der Waals surface area contributed by atoms with Crippen molar-refractivity contribution in [1.29, 1.82) is 0 Å². The zero-order chi connectivity index (χ0) is 18.0. The average molecular weight is 363 g/mol. The fraction of sp³-hybridized carbons (Fsp3) is 0.222. The Morgan fingerprint density at radius 3 is 2.80 bits per heavy atom. The van der Waals surface area contributed by atoms with Gasteiger partial charge >= 0.3 is 0 Å². The molecule has 0 aromatic heterocycles. The molecule has 2 aromatic rings. The normalized spacial score (nSPS) is 16.8. The number of nitrogens with one attached hydrogen (secondary N) is 1. The summed E-state index contributed by atoms with van der Waals surface area (Å²) in [6.07, 6.45) is 0.0547. The number of carbonyl (C=O) groups is 2. The van der Waals surface area contributed by atoms with Crippen LogP contribution in [0.15, 0.2) is 42.5 Å². The standard InChI is InChI=1S/C18H16ClFN2O3/c1-25-16-5-3-2-4-15(16)22-10-11(8-17(22)23)18(24)21-14-7-6-12(19)9-13(14)20/h2-7,9,11H,8,10H2,1H3,(H,21,24). The molecule has 1 heterocycles. The van der Waals surface area contributed by atoms with Crippen LogP contribution >= 0.6 is 11.6 Å². The maximum atomic E-state index is 13.8. The highest BCUT2D eigenvalue weighted by molar-refractivity contribution is 6.30. The maximum absolute atomic E-state index is 13.8. The number of methoxy groups -OCH3 is 1. The maximum Gasteiger partial charge on any atom is 0.229 e. The summed E-state index contributed by atoms with van der Waals surface area (Å²) < 4.78 is 19.1. The third-order valence-electron chi connectivity index (χ3n) is 4.06. The number of ether oxygens (including phenoxy) is 1. The number of benzene rings is 2. The van der Waals surface area contributed by atoms with Crippen LogP contribution in [0.4, 0.5) is 15.8 Å². The van der Waals surface area contributed by atoms with Crippen LogP contribution in [0.1, 0.15) is 6.42 Å². The minimum atomic E-state index is -0.619. The Bertz CT molecular complexity index is 828. The second-order valence-electron chi connectivity index (χ2n) is 5.69. The van der Waals surface area contributed by atoms with E-state index in [1.165, 1.54) is 24.1 Å². The first kappa shape index (κ1) is 17.2. The first-order valence-corrected chi connectivity index (χ1v) is 8.06. The van der Waals surface area contributed by atoms with Crippen molar-refractivity contribution in [1.82, 2.24) is 0 Å². The first-order chi connectivity index (χ1) is 12.0. The van der Waals surface area contributed by atoms with E-state index in [1.54, 1.807) is 24.3 Å². The Balaban J connectivity index is 1.74. The molecule has 0 radical (unpaired) electrons. The van der Waals surface area contributed by atoms with Crippen LogP contribution in [0.5, 0.6) is 5.75 Å². The summed E-state index contributed by atoms with van der Waals surface area (Å²) in [6.45, 7) is 0.209. The number of rotatable bonds is 4. The van der Waals surface area contributed by atoms with Crippen LogP contribution in [-0.4, -0.2) is 25.5 Å². The van der Waals surface area contributed by atoms with Crippen molar-refractivity contribution in [2.45, 2.75) is 6.42 Å². The lowest BCUT2D eigenvalue weighted by atomic mass is 10.1. The second kappa shape index (κ2) is 7.11. The molecule has 1 N–H and O–H groups in total. The topological polar surface area (TPSA) is 58.6 Å². The molecule has 0 spiro atoms. The number of hydrogen-bond donors (Lipinski definition) is 1. The van der Waals surface area contributed by atoms with Gasteiger partial charge in [-0.2, -0.15) is 0 Å².